The number of carboxylic acid groups (broad SMARTS) is 1. The lowest BCUT2D eigenvalue weighted by molar-refractivity contribution is 0.220. The zero-order valence-electron chi connectivity index (χ0n) is 6.69. The van der Waals surface area contributed by atoms with E-state index in [9.17, 15) is 0 Å². The Hall–Kier alpha value is 0.340. The van der Waals surface area contributed by atoms with Gasteiger partial charge < -0.3 is 5.11 Å². The zero-order chi connectivity index (χ0) is 9.78. The SMILES string of the molecule is CCCC1(Cl)CC1Cl.O=C(O)Cl. The first-order chi connectivity index (χ1) is 5.42. The molecule has 1 saturated carbocycles. The number of alkyl halides is 2. The maximum Gasteiger partial charge on any atom is 0.401 e. The van der Waals surface area contributed by atoms with Gasteiger partial charge in [-0.2, -0.15) is 0 Å². The highest BCUT2D eigenvalue weighted by atomic mass is 35.5. The van der Waals surface area contributed by atoms with Crippen LogP contribution in [0.5, 0.6) is 0 Å². The van der Waals surface area contributed by atoms with E-state index in [-0.39, 0.29) is 10.3 Å². The van der Waals surface area contributed by atoms with E-state index in [1.54, 1.807) is 0 Å². The van der Waals surface area contributed by atoms with Crippen molar-refractivity contribution in [3.63, 3.8) is 0 Å². The zero-order valence-corrected chi connectivity index (χ0v) is 8.96. The molecular weight excluding hydrogens is 222 g/mol. The van der Waals surface area contributed by atoms with Crippen LogP contribution in [-0.4, -0.2) is 20.8 Å². The van der Waals surface area contributed by atoms with Crippen molar-refractivity contribution in [2.75, 3.05) is 0 Å². The first-order valence-corrected chi connectivity index (χ1v) is 4.83. The van der Waals surface area contributed by atoms with Crippen LogP contribution in [0.25, 0.3) is 0 Å². The molecule has 1 aliphatic carbocycles. The average molecular weight is 234 g/mol. The van der Waals surface area contributed by atoms with Gasteiger partial charge in [-0.05, 0) is 12.8 Å². The number of halogens is 3. The minimum Gasteiger partial charge on any atom is -0.469 e. The lowest BCUT2D eigenvalue weighted by Crippen LogP contribution is -1.99. The number of hydrogen-bond acceptors (Lipinski definition) is 1. The van der Waals surface area contributed by atoms with Crippen molar-refractivity contribution in [3.05, 3.63) is 0 Å². The Kier molecular flexibility index (Phi) is 5.30. The maximum absolute atomic E-state index is 8.77. The van der Waals surface area contributed by atoms with Gasteiger partial charge in [0.1, 0.15) is 0 Å². The Morgan fingerprint density at radius 3 is 2.17 bits per heavy atom. The van der Waals surface area contributed by atoms with Crippen LogP contribution in [0.4, 0.5) is 4.79 Å². The molecule has 0 amide bonds. The Morgan fingerprint density at radius 1 is 1.75 bits per heavy atom. The summed E-state index contributed by atoms with van der Waals surface area (Å²) in [5.74, 6) is 0. The molecule has 0 heterocycles. The quantitative estimate of drug-likeness (QED) is 0.583. The fourth-order valence-electron chi connectivity index (χ4n) is 0.913. The lowest BCUT2D eigenvalue weighted by Gasteiger charge is -2.00. The van der Waals surface area contributed by atoms with E-state index in [0.29, 0.717) is 0 Å². The van der Waals surface area contributed by atoms with Crippen molar-refractivity contribution in [3.8, 4) is 0 Å². The molecular formula is C7H11Cl3O2. The molecule has 2 atom stereocenters. The Labute approximate surface area is 86.8 Å². The van der Waals surface area contributed by atoms with Gasteiger partial charge in [0.25, 0.3) is 0 Å². The first-order valence-electron chi connectivity index (χ1n) is 3.64. The standard InChI is InChI=1S/C6H10Cl2.CHClO2/c1-2-3-6(8)4-5(6)7;2-1(3)4/h5H,2-4H2,1H3;(H,3,4). The summed E-state index contributed by atoms with van der Waals surface area (Å²) in [6.45, 7) is 2.13. The number of rotatable bonds is 2. The molecule has 0 bridgehead atoms. The summed E-state index contributed by atoms with van der Waals surface area (Å²) in [7, 11) is 0. The number of hydrogen-bond donors (Lipinski definition) is 1. The van der Waals surface area contributed by atoms with Gasteiger partial charge in [-0.25, -0.2) is 4.79 Å². The minimum absolute atomic E-state index is 0.00367. The van der Waals surface area contributed by atoms with Gasteiger partial charge in [-0.1, -0.05) is 13.3 Å². The molecule has 1 aliphatic rings. The third kappa shape index (κ3) is 5.07. The molecule has 0 spiro atoms. The van der Waals surface area contributed by atoms with Gasteiger partial charge in [0.15, 0.2) is 0 Å². The highest BCUT2D eigenvalue weighted by Crippen LogP contribution is 2.50. The molecule has 0 aromatic heterocycles. The van der Waals surface area contributed by atoms with Crippen molar-refractivity contribution in [2.45, 2.75) is 36.4 Å². The highest BCUT2D eigenvalue weighted by Gasteiger charge is 2.50. The van der Waals surface area contributed by atoms with Crippen LogP contribution >= 0.6 is 34.8 Å². The van der Waals surface area contributed by atoms with Crippen LogP contribution in [0.2, 0.25) is 0 Å². The number of carbonyl (C=O) groups is 1. The highest BCUT2D eigenvalue weighted by molar-refractivity contribution is 6.60. The summed E-state index contributed by atoms with van der Waals surface area (Å²) in [4.78, 5) is 8.76. The molecule has 0 aromatic rings. The van der Waals surface area contributed by atoms with Crippen molar-refractivity contribution in [2.24, 2.45) is 0 Å². The molecule has 2 nitrogen and oxygen atoms in total. The van der Waals surface area contributed by atoms with Crippen molar-refractivity contribution < 1.29 is 9.90 Å². The second-order valence-electron chi connectivity index (χ2n) is 2.71. The molecule has 0 radical (unpaired) electrons. The third-order valence-electron chi connectivity index (χ3n) is 1.59. The largest absolute Gasteiger partial charge is 0.469 e. The van der Waals surface area contributed by atoms with Crippen molar-refractivity contribution in [1.82, 2.24) is 0 Å². The van der Waals surface area contributed by atoms with E-state index < -0.39 is 5.43 Å². The van der Waals surface area contributed by atoms with Gasteiger partial charge in [0.05, 0.1) is 10.3 Å². The average Bonchev–Trinajstić information content (AvgIpc) is 2.39. The fourth-order valence-corrected chi connectivity index (χ4v) is 1.72. The van der Waals surface area contributed by atoms with Crippen molar-refractivity contribution >= 4 is 40.2 Å². The Morgan fingerprint density at radius 2 is 2.08 bits per heavy atom. The predicted octanol–water partition coefficient (Wildman–Crippen LogP) is 3.68. The summed E-state index contributed by atoms with van der Waals surface area (Å²) < 4.78 is 0. The van der Waals surface area contributed by atoms with E-state index in [4.69, 9.17) is 33.1 Å². The molecule has 0 aromatic carbocycles. The first kappa shape index (κ1) is 12.3. The summed E-state index contributed by atoms with van der Waals surface area (Å²) in [6.07, 6.45) is 3.22. The van der Waals surface area contributed by atoms with Crippen LogP contribution in [0.15, 0.2) is 0 Å². The van der Waals surface area contributed by atoms with Crippen LogP contribution in [-0.2, 0) is 0 Å². The molecule has 12 heavy (non-hydrogen) atoms. The Balaban J connectivity index is 0.000000261. The third-order valence-corrected chi connectivity index (χ3v) is 2.88. The minimum atomic E-state index is -1.36. The van der Waals surface area contributed by atoms with E-state index in [1.807, 2.05) is 0 Å². The normalized spacial score (nSPS) is 31.8. The second kappa shape index (κ2) is 5.15. The van der Waals surface area contributed by atoms with E-state index >= 15 is 0 Å². The molecule has 1 rings (SSSR count). The molecule has 0 aliphatic heterocycles. The van der Waals surface area contributed by atoms with Crippen LogP contribution in [0, 0.1) is 0 Å². The van der Waals surface area contributed by atoms with Gasteiger partial charge >= 0.3 is 5.43 Å². The smallest absolute Gasteiger partial charge is 0.401 e. The van der Waals surface area contributed by atoms with Crippen LogP contribution in [0.1, 0.15) is 26.2 Å². The predicted molar refractivity (Wildman–Crippen MR) is 51.6 cm³/mol. The Bertz CT molecular complexity index is 159. The van der Waals surface area contributed by atoms with Crippen LogP contribution in [0.3, 0.4) is 0 Å². The van der Waals surface area contributed by atoms with E-state index in [2.05, 4.69) is 18.5 Å². The summed E-state index contributed by atoms with van der Waals surface area (Å²) in [5.41, 5.74) is -1.36. The van der Waals surface area contributed by atoms with E-state index in [1.165, 1.54) is 0 Å². The fraction of sp³-hybridized carbons (Fsp3) is 0.857. The van der Waals surface area contributed by atoms with Gasteiger partial charge in [-0.15, -0.1) is 23.2 Å². The monoisotopic (exact) mass is 232 g/mol. The maximum atomic E-state index is 8.77. The molecule has 1 fully saturated rings. The molecule has 5 heteroatoms. The molecule has 0 saturated heterocycles. The topological polar surface area (TPSA) is 37.3 Å². The van der Waals surface area contributed by atoms with E-state index in [0.717, 1.165) is 19.3 Å². The molecule has 1 N–H and O–H groups in total. The van der Waals surface area contributed by atoms with Crippen LogP contribution < -0.4 is 0 Å². The van der Waals surface area contributed by atoms with Gasteiger partial charge in [0.2, 0.25) is 0 Å². The van der Waals surface area contributed by atoms with Crippen molar-refractivity contribution in [1.29, 1.82) is 0 Å². The molecule has 72 valence electrons. The second-order valence-corrected chi connectivity index (χ2v) is 4.31. The summed E-state index contributed by atoms with van der Waals surface area (Å²) in [5, 5.41) is 7.44. The summed E-state index contributed by atoms with van der Waals surface area (Å²) >= 11 is 15.9. The lowest BCUT2D eigenvalue weighted by atomic mass is 10.2. The van der Waals surface area contributed by atoms with Gasteiger partial charge in [0, 0.05) is 11.6 Å². The molecule has 2 unspecified atom stereocenters. The van der Waals surface area contributed by atoms with Gasteiger partial charge in [-0.3, -0.25) is 0 Å². The summed E-state index contributed by atoms with van der Waals surface area (Å²) in [6, 6.07) is 0.